The zero-order valence-corrected chi connectivity index (χ0v) is 13.3. The number of benzene rings is 1. The van der Waals surface area contributed by atoms with Crippen LogP contribution in [0.4, 0.5) is 4.79 Å². The minimum Gasteiger partial charge on any atom is -0.466 e. The molecule has 1 aromatic carbocycles. The summed E-state index contributed by atoms with van der Waals surface area (Å²) < 4.78 is 9.52. The highest BCUT2D eigenvalue weighted by molar-refractivity contribution is 6.31. The molecule has 2 atom stereocenters. The van der Waals surface area contributed by atoms with Gasteiger partial charge >= 0.3 is 12.1 Å². The van der Waals surface area contributed by atoms with Crippen molar-refractivity contribution < 1.29 is 24.2 Å². The van der Waals surface area contributed by atoms with Gasteiger partial charge in [0.15, 0.2) is 12.4 Å². The Morgan fingerprint density at radius 1 is 1.42 bits per heavy atom. The second-order valence-electron chi connectivity index (χ2n) is 4.48. The summed E-state index contributed by atoms with van der Waals surface area (Å²) in [4.78, 5) is 24.2. The average Bonchev–Trinajstić information content (AvgIpc) is 3.06. The van der Waals surface area contributed by atoms with E-state index in [1.165, 1.54) is 11.1 Å². The van der Waals surface area contributed by atoms with Crippen molar-refractivity contribution in [1.29, 1.82) is 0 Å². The Bertz CT molecular complexity index is 696. The number of hydrogen-bond acceptors (Lipinski definition) is 8. The Labute approximate surface area is 141 Å². The number of hydrogen-bond donors (Lipinski definition) is 2. The van der Waals surface area contributed by atoms with Crippen molar-refractivity contribution in [2.75, 3.05) is 7.11 Å². The third-order valence-corrected chi connectivity index (χ3v) is 3.25. The minimum absolute atomic E-state index is 0.0332. The largest absolute Gasteiger partial charge is 0.466 e. The van der Waals surface area contributed by atoms with E-state index >= 15 is 0 Å². The Morgan fingerprint density at radius 2 is 2.17 bits per heavy atom. The van der Waals surface area contributed by atoms with Crippen molar-refractivity contribution in [1.82, 2.24) is 25.5 Å². The van der Waals surface area contributed by atoms with Crippen molar-refractivity contribution in [3.8, 4) is 0 Å². The molecule has 10 nitrogen and oxygen atoms in total. The lowest BCUT2D eigenvalue weighted by molar-refractivity contribution is -0.151. The quantitative estimate of drug-likeness (QED) is 0.558. The van der Waals surface area contributed by atoms with Crippen LogP contribution in [0, 0.1) is 0 Å². The fraction of sp³-hybridized carbons (Fsp3) is 0.308. The number of halogens is 1. The van der Waals surface area contributed by atoms with Crippen LogP contribution in [0.15, 0.2) is 30.6 Å². The Balaban J connectivity index is 2.13. The van der Waals surface area contributed by atoms with Gasteiger partial charge in [-0.1, -0.05) is 29.8 Å². The summed E-state index contributed by atoms with van der Waals surface area (Å²) in [6, 6.07) is 6.72. The van der Waals surface area contributed by atoms with Crippen LogP contribution in [0.5, 0.6) is 0 Å². The number of tetrazole rings is 1. The smallest absolute Gasteiger partial charge is 0.410 e. The number of alkyl carbamates (subject to hydrolysis) is 1. The topological polar surface area (TPSA) is 128 Å². The molecule has 2 N–H and O–H groups in total. The molecule has 0 fully saturated rings. The SMILES string of the molecule is COC(=O)C(O)NC(=O)O[C@@H](Cn1ncnn1)c1ccccc1Cl. The Morgan fingerprint density at radius 3 is 2.79 bits per heavy atom. The maximum atomic E-state index is 11.9. The summed E-state index contributed by atoms with van der Waals surface area (Å²) in [5.74, 6) is -1.03. The number of esters is 1. The number of ether oxygens (including phenoxy) is 2. The van der Waals surface area contributed by atoms with Gasteiger partial charge in [0, 0.05) is 10.6 Å². The van der Waals surface area contributed by atoms with E-state index in [9.17, 15) is 14.7 Å². The number of nitrogens with one attached hydrogen (secondary N) is 1. The minimum atomic E-state index is -1.85. The lowest BCUT2D eigenvalue weighted by Crippen LogP contribution is -2.42. The molecular weight excluding hydrogens is 342 g/mol. The third kappa shape index (κ3) is 4.64. The number of carbonyl (C=O) groups excluding carboxylic acids is 2. The van der Waals surface area contributed by atoms with E-state index in [1.54, 1.807) is 24.3 Å². The van der Waals surface area contributed by atoms with E-state index in [2.05, 4.69) is 20.1 Å². The van der Waals surface area contributed by atoms with Crippen molar-refractivity contribution in [2.24, 2.45) is 0 Å². The molecule has 11 heteroatoms. The first-order valence-corrected chi connectivity index (χ1v) is 7.07. The van der Waals surface area contributed by atoms with Crippen LogP contribution < -0.4 is 5.32 Å². The number of rotatable bonds is 6. The van der Waals surface area contributed by atoms with Gasteiger partial charge in [-0.15, -0.1) is 10.2 Å². The maximum absolute atomic E-state index is 11.9. The normalized spacial score (nSPS) is 13.0. The van der Waals surface area contributed by atoms with Crippen molar-refractivity contribution >= 4 is 23.7 Å². The fourth-order valence-electron chi connectivity index (χ4n) is 1.80. The highest BCUT2D eigenvalue weighted by Gasteiger charge is 2.24. The van der Waals surface area contributed by atoms with E-state index in [0.29, 0.717) is 10.6 Å². The molecule has 0 saturated heterocycles. The van der Waals surface area contributed by atoms with Crippen molar-refractivity contribution in [3.63, 3.8) is 0 Å². The lowest BCUT2D eigenvalue weighted by atomic mass is 10.1. The number of nitrogens with zero attached hydrogens (tertiary/aromatic N) is 4. The van der Waals surface area contributed by atoms with Gasteiger partial charge in [-0.05, 0) is 11.3 Å². The molecule has 24 heavy (non-hydrogen) atoms. The van der Waals surface area contributed by atoms with Gasteiger partial charge in [-0.25, -0.2) is 9.59 Å². The van der Waals surface area contributed by atoms with Crippen molar-refractivity contribution in [3.05, 3.63) is 41.2 Å². The summed E-state index contributed by atoms with van der Waals surface area (Å²) in [7, 11) is 1.07. The summed E-state index contributed by atoms with van der Waals surface area (Å²) in [5.41, 5.74) is 0.499. The molecule has 0 aliphatic heterocycles. The Kier molecular flexibility index (Phi) is 6.04. The molecule has 0 bridgehead atoms. The molecule has 0 aliphatic carbocycles. The van der Waals surface area contributed by atoms with Gasteiger partial charge in [0.2, 0.25) is 6.23 Å². The molecule has 0 saturated carbocycles. The number of amides is 1. The monoisotopic (exact) mass is 355 g/mol. The van der Waals surface area contributed by atoms with Crippen molar-refractivity contribution in [2.45, 2.75) is 18.9 Å². The van der Waals surface area contributed by atoms with E-state index < -0.39 is 24.4 Å². The van der Waals surface area contributed by atoms with Gasteiger partial charge in [-0.3, -0.25) is 5.32 Å². The highest BCUT2D eigenvalue weighted by atomic mass is 35.5. The first kappa shape index (κ1) is 17.6. The number of aliphatic hydroxyl groups excluding tert-OH is 1. The zero-order chi connectivity index (χ0) is 17.5. The molecule has 128 valence electrons. The summed E-state index contributed by atoms with van der Waals surface area (Å²) >= 11 is 6.12. The van der Waals surface area contributed by atoms with Crippen LogP contribution in [0.25, 0.3) is 0 Å². The van der Waals surface area contributed by atoms with E-state index in [1.807, 2.05) is 5.32 Å². The molecule has 0 spiro atoms. The van der Waals surface area contributed by atoms with Crippen LogP contribution in [0.1, 0.15) is 11.7 Å². The summed E-state index contributed by atoms with van der Waals surface area (Å²) in [6.45, 7) is 0.0332. The average molecular weight is 356 g/mol. The molecule has 0 aliphatic rings. The molecular formula is C13H14ClN5O5. The second kappa shape index (κ2) is 8.22. The number of aromatic nitrogens is 4. The first-order chi connectivity index (χ1) is 11.5. The zero-order valence-electron chi connectivity index (χ0n) is 12.5. The van der Waals surface area contributed by atoms with Crippen LogP contribution >= 0.6 is 11.6 Å². The Hall–Kier alpha value is -2.72. The predicted molar refractivity (Wildman–Crippen MR) is 79.6 cm³/mol. The van der Waals surface area contributed by atoms with E-state index in [-0.39, 0.29) is 6.54 Å². The summed E-state index contributed by atoms with van der Waals surface area (Å²) in [5, 5.41) is 22.8. The standard InChI is InChI=1S/C13H14ClN5O5/c1-23-12(21)11(20)17-13(22)24-10(6-19-16-7-15-18-19)8-4-2-3-5-9(8)14/h2-5,7,10-11,20H,6H2,1H3,(H,17,22)/t10-,11?/m0/s1. The van der Waals surface area contributed by atoms with Gasteiger partial charge in [0.05, 0.1) is 7.11 Å². The van der Waals surface area contributed by atoms with Gasteiger partial charge in [-0.2, -0.15) is 4.80 Å². The number of methoxy groups -OCH3 is 1. The molecule has 0 radical (unpaired) electrons. The molecule has 2 aromatic rings. The molecule has 2 rings (SSSR count). The van der Waals surface area contributed by atoms with Gasteiger partial charge in [0.1, 0.15) is 6.54 Å². The first-order valence-electron chi connectivity index (χ1n) is 6.69. The maximum Gasteiger partial charge on any atom is 0.410 e. The third-order valence-electron chi connectivity index (χ3n) is 2.90. The van der Waals surface area contributed by atoms with Gasteiger partial charge in [0.25, 0.3) is 0 Å². The van der Waals surface area contributed by atoms with Crippen LogP contribution in [-0.2, 0) is 20.8 Å². The second-order valence-corrected chi connectivity index (χ2v) is 4.88. The number of aliphatic hydroxyl groups is 1. The number of carbonyl (C=O) groups is 2. The van der Waals surface area contributed by atoms with Crippen LogP contribution in [-0.4, -0.2) is 50.7 Å². The molecule has 1 aromatic heterocycles. The molecule has 1 amide bonds. The lowest BCUT2D eigenvalue weighted by Gasteiger charge is -2.19. The van der Waals surface area contributed by atoms with E-state index in [4.69, 9.17) is 16.3 Å². The molecule has 1 heterocycles. The van der Waals surface area contributed by atoms with Crippen LogP contribution in [0.3, 0.4) is 0 Å². The summed E-state index contributed by atoms with van der Waals surface area (Å²) in [6.07, 6.45) is -2.54. The molecule has 1 unspecified atom stereocenters. The van der Waals surface area contributed by atoms with Gasteiger partial charge < -0.3 is 14.6 Å². The highest BCUT2D eigenvalue weighted by Crippen LogP contribution is 2.26. The predicted octanol–water partition coefficient (Wildman–Crippen LogP) is 0.285. The van der Waals surface area contributed by atoms with E-state index in [0.717, 1.165) is 7.11 Å². The fourth-order valence-corrected chi connectivity index (χ4v) is 2.06. The van der Waals surface area contributed by atoms with Crippen LogP contribution in [0.2, 0.25) is 5.02 Å².